The van der Waals surface area contributed by atoms with Crippen LogP contribution in [0, 0.1) is 24.7 Å². The van der Waals surface area contributed by atoms with E-state index in [1.807, 2.05) is 36.1 Å². The first-order chi connectivity index (χ1) is 20.9. The van der Waals surface area contributed by atoms with Crippen molar-refractivity contribution in [2.24, 2.45) is 17.8 Å². The van der Waals surface area contributed by atoms with E-state index in [-0.39, 0.29) is 24.2 Å². The zero-order valence-corrected chi connectivity index (χ0v) is 25.3. The number of hydrogen-bond donors (Lipinski definition) is 1. The number of carboxylic acid groups (broad SMARTS) is 1. The van der Waals surface area contributed by atoms with Crippen molar-refractivity contribution in [1.82, 2.24) is 9.97 Å². The number of carbonyl (C=O) groups excluding carboxylic acids is 1. The summed E-state index contributed by atoms with van der Waals surface area (Å²) < 4.78 is 11.2. The van der Waals surface area contributed by atoms with Crippen LogP contribution in [0.15, 0.2) is 47.1 Å². The van der Waals surface area contributed by atoms with Crippen molar-refractivity contribution in [3.63, 3.8) is 0 Å². The van der Waals surface area contributed by atoms with Crippen molar-refractivity contribution in [3.05, 3.63) is 59.9 Å². The number of rotatable bonds is 10. The average Bonchev–Trinajstić information content (AvgIpc) is 3.76. The minimum absolute atomic E-state index is 0.0787. The summed E-state index contributed by atoms with van der Waals surface area (Å²) in [6.07, 6.45) is 11.5. The van der Waals surface area contributed by atoms with Gasteiger partial charge in [0.1, 0.15) is 17.7 Å². The Bertz CT molecular complexity index is 1430. The monoisotopic (exact) mass is 585 g/mol. The van der Waals surface area contributed by atoms with Crippen molar-refractivity contribution in [3.8, 4) is 17.0 Å². The molecule has 3 saturated carbocycles. The van der Waals surface area contributed by atoms with E-state index in [2.05, 4.69) is 12.1 Å². The first kappa shape index (κ1) is 29.4. The second kappa shape index (κ2) is 12.9. The van der Waals surface area contributed by atoms with Gasteiger partial charge < -0.3 is 19.2 Å². The standard InChI is InChI=1S/C35H43N3O5/c1-22-32(42-2)17-16-30(36-22)25-10-8-24(9-11-25)20-38(35(41)27-12-6-23(7-13-27)18-33(39)40)29-5-3-4-28(19-29)31-21-43-34(37-31)26-14-15-26/h3-5,16-17,19,21,23-27H,6-15,18,20H2,1-2H3,(H,39,40)/t23-,24-,25+,27-. The van der Waals surface area contributed by atoms with Gasteiger partial charge in [0.25, 0.3) is 0 Å². The van der Waals surface area contributed by atoms with E-state index in [0.717, 1.165) is 104 Å². The third kappa shape index (κ3) is 6.94. The van der Waals surface area contributed by atoms with E-state index in [1.165, 1.54) is 0 Å². The lowest BCUT2D eigenvalue weighted by Gasteiger charge is -2.36. The number of aromatic nitrogens is 2. The maximum atomic E-state index is 14.2. The Hall–Kier alpha value is -3.68. The number of aryl methyl sites for hydroxylation is 1. The molecule has 0 spiro atoms. The van der Waals surface area contributed by atoms with E-state index in [1.54, 1.807) is 13.4 Å². The summed E-state index contributed by atoms with van der Waals surface area (Å²) >= 11 is 0. The van der Waals surface area contributed by atoms with Gasteiger partial charge in [-0.25, -0.2) is 4.98 Å². The second-order valence-electron chi connectivity index (χ2n) is 12.9. The fourth-order valence-electron chi connectivity index (χ4n) is 7.08. The minimum Gasteiger partial charge on any atom is -0.495 e. The van der Waals surface area contributed by atoms with Gasteiger partial charge in [-0.3, -0.25) is 14.6 Å². The first-order valence-electron chi connectivity index (χ1n) is 16.0. The molecule has 3 aliphatic carbocycles. The quantitative estimate of drug-likeness (QED) is 0.262. The molecule has 1 amide bonds. The van der Waals surface area contributed by atoms with Gasteiger partial charge in [0, 0.05) is 47.7 Å². The highest BCUT2D eigenvalue weighted by molar-refractivity contribution is 5.95. The molecule has 0 aliphatic heterocycles. The number of amides is 1. The Labute approximate surface area is 253 Å². The lowest BCUT2D eigenvalue weighted by atomic mass is 9.78. The predicted molar refractivity (Wildman–Crippen MR) is 164 cm³/mol. The number of aliphatic carboxylic acids is 1. The predicted octanol–water partition coefficient (Wildman–Crippen LogP) is 7.52. The molecule has 0 bridgehead atoms. The molecule has 3 aliphatic rings. The van der Waals surface area contributed by atoms with Crippen LogP contribution in [0.3, 0.4) is 0 Å². The van der Waals surface area contributed by atoms with Gasteiger partial charge in [-0.1, -0.05) is 12.1 Å². The third-order valence-corrected chi connectivity index (χ3v) is 9.81. The molecule has 3 fully saturated rings. The van der Waals surface area contributed by atoms with Crippen LogP contribution in [-0.4, -0.2) is 40.6 Å². The Morgan fingerprint density at radius 3 is 2.33 bits per heavy atom. The van der Waals surface area contributed by atoms with Crippen LogP contribution in [0.2, 0.25) is 0 Å². The molecule has 1 aromatic carbocycles. The van der Waals surface area contributed by atoms with E-state index in [4.69, 9.17) is 19.1 Å². The average molecular weight is 586 g/mol. The van der Waals surface area contributed by atoms with Crippen molar-refractivity contribution in [1.29, 1.82) is 0 Å². The van der Waals surface area contributed by atoms with Gasteiger partial charge >= 0.3 is 5.97 Å². The highest BCUT2D eigenvalue weighted by Crippen LogP contribution is 2.41. The van der Waals surface area contributed by atoms with Gasteiger partial charge in [0.05, 0.1) is 12.8 Å². The third-order valence-electron chi connectivity index (χ3n) is 9.81. The molecule has 1 N–H and O–H groups in total. The second-order valence-corrected chi connectivity index (χ2v) is 12.9. The number of oxazole rings is 1. The number of pyridine rings is 1. The highest BCUT2D eigenvalue weighted by atomic mass is 16.5. The molecule has 3 aromatic rings. The summed E-state index contributed by atoms with van der Waals surface area (Å²) in [5, 5.41) is 9.25. The van der Waals surface area contributed by atoms with E-state index in [0.29, 0.717) is 24.3 Å². The van der Waals surface area contributed by atoms with Gasteiger partial charge in [-0.15, -0.1) is 0 Å². The molecule has 0 saturated heterocycles. The van der Waals surface area contributed by atoms with Crippen LogP contribution in [0.4, 0.5) is 5.69 Å². The maximum absolute atomic E-state index is 14.2. The lowest BCUT2D eigenvalue weighted by molar-refractivity contribution is -0.138. The molecule has 0 atom stereocenters. The molecule has 2 heterocycles. The molecule has 8 heteroatoms. The summed E-state index contributed by atoms with van der Waals surface area (Å²) in [6, 6.07) is 12.3. The van der Waals surface area contributed by atoms with E-state index in [9.17, 15) is 14.7 Å². The fourth-order valence-corrected chi connectivity index (χ4v) is 7.08. The molecule has 43 heavy (non-hydrogen) atoms. The Balaban J connectivity index is 1.18. The number of methoxy groups -OCH3 is 1. The largest absolute Gasteiger partial charge is 0.495 e. The zero-order chi connectivity index (χ0) is 29.9. The summed E-state index contributed by atoms with van der Waals surface area (Å²) in [6.45, 7) is 2.68. The van der Waals surface area contributed by atoms with Crippen molar-refractivity contribution in [2.45, 2.75) is 89.4 Å². The van der Waals surface area contributed by atoms with Crippen molar-refractivity contribution < 1.29 is 23.8 Å². The van der Waals surface area contributed by atoms with Crippen LogP contribution in [0.25, 0.3) is 11.3 Å². The number of anilines is 1. The van der Waals surface area contributed by atoms with Gasteiger partial charge in [0.2, 0.25) is 5.91 Å². The molecule has 0 unspecified atom stereocenters. The maximum Gasteiger partial charge on any atom is 0.303 e. The summed E-state index contributed by atoms with van der Waals surface area (Å²) in [7, 11) is 1.68. The van der Waals surface area contributed by atoms with E-state index < -0.39 is 5.97 Å². The normalized spacial score (nSPS) is 24.0. The van der Waals surface area contributed by atoms with Crippen molar-refractivity contribution in [2.75, 3.05) is 18.6 Å². The summed E-state index contributed by atoms with van der Waals surface area (Å²) in [5.74, 6) is 2.40. The number of benzene rings is 1. The van der Waals surface area contributed by atoms with Crippen LogP contribution in [0.5, 0.6) is 5.75 Å². The molecule has 2 aromatic heterocycles. The minimum atomic E-state index is -0.749. The van der Waals surface area contributed by atoms with Crippen LogP contribution >= 0.6 is 0 Å². The van der Waals surface area contributed by atoms with Crippen LogP contribution in [0.1, 0.15) is 99.7 Å². The number of hydrogen-bond acceptors (Lipinski definition) is 6. The van der Waals surface area contributed by atoms with Crippen LogP contribution < -0.4 is 9.64 Å². The smallest absolute Gasteiger partial charge is 0.303 e. The number of ether oxygens (including phenoxy) is 1. The Morgan fingerprint density at radius 1 is 0.930 bits per heavy atom. The topological polar surface area (TPSA) is 106 Å². The first-order valence-corrected chi connectivity index (χ1v) is 16.0. The summed E-state index contributed by atoms with van der Waals surface area (Å²) in [5.41, 5.74) is 4.73. The Kier molecular flexibility index (Phi) is 8.82. The number of carboxylic acids is 1. The molecular formula is C35H43N3O5. The zero-order valence-electron chi connectivity index (χ0n) is 25.3. The fraction of sp³-hybridized carbons (Fsp3) is 0.543. The van der Waals surface area contributed by atoms with E-state index >= 15 is 0 Å². The van der Waals surface area contributed by atoms with Gasteiger partial charge in [-0.2, -0.15) is 0 Å². The molecule has 228 valence electrons. The molecule has 6 rings (SSSR count). The summed E-state index contributed by atoms with van der Waals surface area (Å²) in [4.78, 5) is 37.0. The SMILES string of the molecule is COc1ccc([C@H]2CC[C@@H](CN(c3cccc(-c4coc(C5CC5)n4)c3)C(=O)[C@H]3CC[C@H](CC(=O)O)CC3)CC2)nc1C. The van der Waals surface area contributed by atoms with Gasteiger partial charge in [0.15, 0.2) is 5.89 Å². The van der Waals surface area contributed by atoms with Gasteiger partial charge in [-0.05, 0) is 107 Å². The molecule has 8 nitrogen and oxygen atoms in total. The molecule has 0 radical (unpaired) electrons. The van der Waals surface area contributed by atoms with Crippen molar-refractivity contribution >= 4 is 17.6 Å². The Morgan fingerprint density at radius 2 is 1.65 bits per heavy atom. The number of nitrogens with zero attached hydrogens (tertiary/aromatic N) is 3. The highest BCUT2D eigenvalue weighted by Gasteiger charge is 2.34. The lowest BCUT2D eigenvalue weighted by Crippen LogP contribution is -2.41. The number of carbonyl (C=O) groups is 2. The molecular weight excluding hydrogens is 542 g/mol. The van der Waals surface area contributed by atoms with Crippen LogP contribution in [-0.2, 0) is 9.59 Å².